The molecule has 0 aliphatic heterocycles. The lowest BCUT2D eigenvalue weighted by Gasteiger charge is -2.38. The zero-order chi connectivity index (χ0) is 11.1. The van der Waals surface area contributed by atoms with E-state index in [-0.39, 0.29) is 0 Å². The van der Waals surface area contributed by atoms with Gasteiger partial charge < -0.3 is 10.8 Å². The molecular weight excluding hydrogens is 210 g/mol. The van der Waals surface area contributed by atoms with Crippen LogP contribution in [0.25, 0.3) is 0 Å². The summed E-state index contributed by atoms with van der Waals surface area (Å²) < 4.78 is 0. The molecule has 0 unspecified atom stereocenters. The number of anilines is 1. The van der Waals surface area contributed by atoms with Gasteiger partial charge in [-0.25, -0.2) is 0 Å². The van der Waals surface area contributed by atoms with Crippen LogP contribution in [0.5, 0.6) is 0 Å². The van der Waals surface area contributed by atoms with E-state index in [1.54, 1.807) is 18.2 Å². The number of carbonyl (C=O) groups is 1. The van der Waals surface area contributed by atoms with E-state index >= 15 is 0 Å². The Morgan fingerprint density at radius 2 is 2.13 bits per heavy atom. The highest BCUT2D eigenvalue weighted by atomic mass is 32.1. The number of hydrogen-bond donors (Lipinski definition) is 3. The molecular formula is C11H13NO2S. The lowest BCUT2D eigenvalue weighted by molar-refractivity contribution is -0.147. The molecule has 0 radical (unpaired) electrons. The summed E-state index contributed by atoms with van der Waals surface area (Å²) in [6.07, 6.45) is 2.39. The van der Waals surface area contributed by atoms with Crippen molar-refractivity contribution in [3.05, 3.63) is 23.8 Å². The van der Waals surface area contributed by atoms with E-state index in [1.807, 2.05) is 0 Å². The van der Waals surface area contributed by atoms with Crippen LogP contribution in [-0.4, -0.2) is 11.1 Å². The summed E-state index contributed by atoms with van der Waals surface area (Å²) in [5.41, 5.74) is 6.36. The molecule has 0 bridgehead atoms. The van der Waals surface area contributed by atoms with Gasteiger partial charge in [-0.1, -0.05) is 12.5 Å². The van der Waals surface area contributed by atoms with Crippen LogP contribution >= 0.6 is 12.6 Å². The summed E-state index contributed by atoms with van der Waals surface area (Å²) in [7, 11) is 0. The zero-order valence-electron chi connectivity index (χ0n) is 8.23. The SMILES string of the molecule is Nc1ccc(C2(C(=O)O)CCC2)cc1S. The number of nitrogens with two attached hydrogens (primary N) is 1. The number of hydrogen-bond acceptors (Lipinski definition) is 3. The monoisotopic (exact) mass is 223 g/mol. The number of aliphatic carboxylic acids is 1. The minimum absolute atomic E-state index is 0.585. The highest BCUT2D eigenvalue weighted by molar-refractivity contribution is 7.80. The largest absolute Gasteiger partial charge is 0.481 e. The number of thiol groups is 1. The predicted octanol–water partition coefficient (Wildman–Crippen LogP) is 2.06. The van der Waals surface area contributed by atoms with Gasteiger partial charge in [-0.05, 0) is 30.5 Å². The fourth-order valence-electron chi connectivity index (χ4n) is 2.00. The zero-order valence-corrected chi connectivity index (χ0v) is 9.13. The van der Waals surface area contributed by atoms with Crippen LogP contribution in [0.3, 0.4) is 0 Å². The van der Waals surface area contributed by atoms with E-state index in [1.165, 1.54) is 0 Å². The number of carboxylic acid groups (broad SMARTS) is 1. The molecule has 3 N–H and O–H groups in total. The Morgan fingerprint density at radius 1 is 1.47 bits per heavy atom. The fourth-order valence-corrected chi connectivity index (χ4v) is 2.21. The lowest BCUT2D eigenvalue weighted by atomic mass is 9.64. The maximum absolute atomic E-state index is 11.2. The number of benzene rings is 1. The highest BCUT2D eigenvalue weighted by Crippen LogP contribution is 2.44. The summed E-state index contributed by atoms with van der Waals surface area (Å²) >= 11 is 4.21. The molecule has 0 atom stereocenters. The van der Waals surface area contributed by atoms with Crippen molar-refractivity contribution in [1.82, 2.24) is 0 Å². The first-order valence-electron chi connectivity index (χ1n) is 4.89. The van der Waals surface area contributed by atoms with Crippen LogP contribution in [-0.2, 0) is 10.2 Å². The van der Waals surface area contributed by atoms with Crippen molar-refractivity contribution in [1.29, 1.82) is 0 Å². The Hall–Kier alpha value is -1.16. The molecule has 1 aliphatic rings. The molecule has 0 aromatic heterocycles. The van der Waals surface area contributed by atoms with Crippen LogP contribution in [0.2, 0.25) is 0 Å². The standard InChI is InChI=1S/C11H13NO2S/c12-8-3-2-7(6-9(8)15)11(10(13)14)4-1-5-11/h2-3,6,15H,1,4-5,12H2,(H,13,14). The van der Waals surface area contributed by atoms with Gasteiger partial charge in [0.15, 0.2) is 0 Å². The predicted molar refractivity (Wildman–Crippen MR) is 61.3 cm³/mol. The molecule has 1 fully saturated rings. The average molecular weight is 223 g/mol. The van der Waals surface area contributed by atoms with Gasteiger partial charge in [0, 0.05) is 10.6 Å². The second-order valence-electron chi connectivity index (χ2n) is 4.01. The summed E-state index contributed by atoms with van der Waals surface area (Å²) in [5, 5.41) is 9.24. The number of rotatable bonds is 2. The van der Waals surface area contributed by atoms with Gasteiger partial charge in [0.25, 0.3) is 0 Å². The Labute approximate surface area is 93.7 Å². The molecule has 3 nitrogen and oxygen atoms in total. The number of carboxylic acids is 1. The first-order chi connectivity index (χ1) is 7.06. The molecule has 15 heavy (non-hydrogen) atoms. The second-order valence-corrected chi connectivity index (χ2v) is 4.50. The summed E-state index contributed by atoms with van der Waals surface area (Å²) in [4.78, 5) is 11.9. The van der Waals surface area contributed by atoms with E-state index < -0.39 is 11.4 Å². The fraction of sp³-hybridized carbons (Fsp3) is 0.364. The lowest BCUT2D eigenvalue weighted by Crippen LogP contribution is -2.42. The molecule has 0 saturated heterocycles. The van der Waals surface area contributed by atoms with Crippen molar-refractivity contribution in [2.75, 3.05) is 5.73 Å². The molecule has 0 amide bonds. The second kappa shape index (κ2) is 3.45. The summed E-state index contributed by atoms with van der Waals surface area (Å²) in [6.45, 7) is 0. The van der Waals surface area contributed by atoms with Crippen LogP contribution in [0.15, 0.2) is 23.1 Å². The van der Waals surface area contributed by atoms with E-state index in [9.17, 15) is 9.90 Å². The van der Waals surface area contributed by atoms with E-state index in [0.29, 0.717) is 23.4 Å². The average Bonchev–Trinajstić information content (AvgIpc) is 2.08. The molecule has 80 valence electrons. The third-order valence-corrected chi connectivity index (χ3v) is 3.59. The first-order valence-corrected chi connectivity index (χ1v) is 5.33. The van der Waals surface area contributed by atoms with Crippen LogP contribution in [0, 0.1) is 0 Å². The Morgan fingerprint density at radius 3 is 2.53 bits per heavy atom. The molecule has 0 heterocycles. The van der Waals surface area contributed by atoms with Gasteiger partial charge in [0.1, 0.15) is 0 Å². The minimum atomic E-state index is -0.744. The van der Waals surface area contributed by atoms with Gasteiger partial charge in [0.2, 0.25) is 0 Å². The van der Waals surface area contributed by atoms with Gasteiger partial charge in [-0.3, -0.25) is 4.79 Å². The Kier molecular flexibility index (Phi) is 2.38. The van der Waals surface area contributed by atoms with E-state index in [4.69, 9.17) is 5.73 Å². The minimum Gasteiger partial charge on any atom is -0.481 e. The molecule has 1 saturated carbocycles. The van der Waals surface area contributed by atoms with Gasteiger partial charge in [-0.15, -0.1) is 12.6 Å². The van der Waals surface area contributed by atoms with E-state index in [2.05, 4.69) is 12.6 Å². The maximum Gasteiger partial charge on any atom is 0.314 e. The van der Waals surface area contributed by atoms with Crippen molar-refractivity contribution >= 4 is 24.3 Å². The van der Waals surface area contributed by atoms with Gasteiger partial charge >= 0.3 is 5.97 Å². The summed E-state index contributed by atoms with van der Waals surface area (Å²) in [6, 6.07) is 5.29. The molecule has 0 spiro atoms. The van der Waals surface area contributed by atoms with Crippen molar-refractivity contribution < 1.29 is 9.90 Å². The Balaban J connectivity index is 2.44. The third kappa shape index (κ3) is 1.49. The molecule has 1 aromatic rings. The molecule has 1 aliphatic carbocycles. The number of nitrogen functional groups attached to an aromatic ring is 1. The van der Waals surface area contributed by atoms with Crippen molar-refractivity contribution in [3.63, 3.8) is 0 Å². The van der Waals surface area contributed by atoms with Crippen molar-refractivity contribution in [2.24, 2.45) is 0 Å². The smallest absolute Gasteiger partial charge is 0.314 e. The Bertz CT molecular complexity index is 413. The van der Waals surface area contributed by atoms with Crippen LogP contribution < -0.4 is 5.73 Å². The highest BCUT2D eigenvalue weighted by Gasteiger charge is 2.45. The first kappa shape index (κ1) is 10.4. The normalized spacial score (nSPS) is 18.2. The van der Waals surface area contributed by atoms with Crippen LogP contribution in [0.4, 0.5) is 5.69 Å². The van der Waals surface area contributed by atoms with Crippen molar-refractivity contribution in [2.45, 2.75) is 29.6 Å². The quantitative estimate of drug-likeness (QED) is 0.531. The topological polar surface area (TPSA) is 63.3 Å². The maximum atomic E-state index is 11.2. The van der Waals surface area contributed by atoms with Crippen molar-refractivity contribution in [3.8, 4) is 0 Å². The molecule has 4 heteroatoms. The molecule has 2 rings (SSSR count). The third-order valence-electron chi connectivity index (χ3n) is 3.20. The molecule has 1 aromatic carbocycles. The van der Waals surface area contributed by atoms with E-state index in [0.717, 1.165) is 12.0 Å². The van der Waals surface area contributed by atoms with Crippen LogP contribution in [0.1, 0.15) is 24.8 Å². The van der Waals surface area contributed by atoms with Gasteiger partial charge in [0.05, 0.1) is 5.41 Å². The summed E-state index contributed by atoms with van der Waals surface area (Å²) in [5.74, 6) is -0.744. The van der Waals surface area contributed by atoms with Gasteiger partial charge in [-0.2, -0.15) is 0 Å².